The monoisotopic (exact) mass is 552 g/mol. The molecule has 0 aliphatic heterocycles. The standard InChI is InChI=1S/C29H33ClN4O5/c30-26-15-14-25(20-33-26)27(35)31-17-9-19-34(29(37)39-22-24-12-5-2-6-13-24)18-8-7-16-32-28(36)38-21-23-10-3-1-4-11-23/h1-6,10-15,20H,7-9,16-19,21-22H2,(H,31,35)(H,32,36). The zero-order chi connectivity index (χ0) is 27.7. The molecule has 1 aromatic heterocycles. The SMILES string of the molecule is O=C(NCCCCN(CCCNC(=O)c1ccc(Cl)nc1)C(=O)OCc1ccccc1)OCc1ccccc1. The molecular formula is C29H33ClN4O5. The van der Waals surface area contributed by atoms with Crippen molar-refractivity contribution in [1.82, 2.24) is 20.5 Å². The third-order valence-electron chi connectivity index (χ3n) is 5.68. The summed E-state index contributed by atoms with van der Waals surface area (Å²) < 4.78 is 10.7. The molecule has 3 aromatic rings. The topological polar surface area (TPSA) is 110 Å². The average molecular weight is 553 g/mol. The van der Waals surface area contributed by atoms with Crippen LogP contribution in [-0.4, -0.2) is 54.2 Å². The van der Waals surface area contributed by atoms with E-state index < -0.39 is 12.2 Å². The van der Waals surface area contributed by atoms with Gasteiger partial charge in [-0.05, 0) is 42.5 Å². The minimum absolute atomic E-state index is 0.172. The van der Waals surface area contributed by atoms with Crippen LogP contribution in [0.3, 0.4) is 0 Å². The number of ether oxygens (including phenoxy) is 2. The van der Waals surface area contributed by atoms with Gasteiger partial charge in [-0.15, -0.1) is 0 Å². The number of aromatic nitrogens is 1. The number of pyridine rings is 1. The Morgan fingerprint density at radius 2 is 1.36 bits per heavy atom. The zero-order valence-corrected chi connectivity index (χ0v) is 22.4. The Morgan fingerprint density at radius 3 is 2.00 bits per heavy atom. The van der Waals surface area contributed by atoms with Crippen LogP contribution in [0.25, 0.3) is 0 Å². The quantitative estimate of drug-likeness (QED) is 0.210. The lowest BCUT2D eigenvalue weighted by Gasteiger charge is -2.22. The Labute approximate surface area is 233 Å². The Bertz CT molecular complexity index is 1160. The van der Waals surface area contributed by atoms with E-state index in [2.05, 4.69) is 15.6 Å². The van der Waals surface area contributed by atoms with Crippen LogP contribution in [0, 0.1) is 0 Å². The number of carbonyl (C=O) groups is 3. The lowest BCUT2D eigenvalue weighted by Crippen LogP contribution is -2.36. The fourth-order valence-corrected chi connectivity index (χ4v) is 3.69. The smallest absolute Gasteiger partial charge is 0.410 e. The van der Waals surface area contributed by atoms with Gasteiger partial charge in [0.2, 0.25) is 0 Å². The van der Waals surface area contributed by atoms with Crippen molar-refractivity contribution in [3.05, 3.63) is 101 Å². The highest BCUT2D eigenvalue weighted by Gasteiger charge is 2.15. The van der Waals surface area contributed by atoms with Crippen molar-refractivity contribution in [1.29, 1.82) is 0 Å². The normalized spacial score (nSPS) is 10.4. The molecule has 3 rings (SSSR count). The molecule has 0 saturated heterocycles. The van der Waals surface area contributed by atoms with E-state index in [-0.39, 0.29) is 19.1 Å². The molecule has 0 aliphatic rings. The van der Waals surface area contributed by atoms with Crippen LogP contribution >= 0.6 is 11.6 Å². The molecule has 39 heavy (non-hydrogen) atoms. The molecule has 0 atom stereocenters. The van der Waals surface area contributed by atoms with Gasteiger partial charge in [0.15, 0.2) is 0 Å². The summed E-state index contributed by atoms with van der Waals surface area (Å²) in [4.78, 5) is 42.5. The summed E-state index contributed by atoms with van der Waals surface area (Å²) in [5, 5.41) is 5.87. The number of amides is 3. The predicted octanol–water partition coefficient (Wildman–Crippen LogP) is 5.20. The van der Waals surface area contributed by atoms with Gasteiger partial charge < -0.3 is 25.0 Å². The van der Waals surface area contributed by atoms with Crippen LogP contribution in [0.5, 0.6) is 0 Å². The minimum Gasteiger partial charge on any atom is -0.445 e. The number of halogens is 1. The fourth-order valence-electron chi connectivity index (χ4n) is 3.58. The lowest BCUT2D eigenvalue weighted by atomic mass is 10.2. The number of benzene rings is 2. The average Bonchev–Trinajstić information content (AvgIpc) is 2.97. The van der Waals surface area contributed by atoms with Crippen molar-refractivity contribution < 1.29 is 23.9 Å². The maximum absolute atomic E-state index is 12.8. The van der Waals surface area contributed by atoms with Gasteiger partial charge in [-0.2, -0.15) is 0 Å². The van der Waals surface area contributed by atoms with E-state index in [9.17, 15) is 14.4 Å². The number of hydrogen-bond donors (Lipinski definition) is 2. The minimum atomic E-state index is -0.482. The summed E-state index contributed by atoms with van der Waals surface area (Å²) in [7, 11) is 0. The number of alkyl carbamates (subject to hydrolysis) is 1. The van der Waals surface area contributed by atoms with Crippen LogP contribution in [0.4, 0.5) is 9.59 Å². The van der Waals surface area contributed by atoms with Gasteiger partial charge in [0.05, 0.1) is 5.56 Å². The molecule has 0 aliphatic carbocycles. The summed E-state index contributed by atoms with van der Waals surface area (Å²) >= 11 is 5.77. The third-order valence-corrected chi connectivity index (χ3v) is 5.90. The molecule has 10 heteroatoms. The van der Waals surface area contributed by atoms with E-state index in [1.807, 2.05) is 60.7 Å². The molecule has 0 saturated carbocycles. The molecular weight excluding hydrogens is 520 g/mol. The van der Waals surface area contributed by atoms with Gasteiger partial charge >= 0.3 is 12.2 Å². The van der Waals surface area contributed by atoms with Crippen molar-refractivity contribution in [3.63, 3.8) is 0 Å². The molecule has 0 spiro atoms. The highest BCUT2D eigenvalue weighted by Crippen LogP contribution is 2.07. The largest absolute Gasteiger partial charge is 0.445 e. The van der Waals surface area contributed by atoms with E-state index in [0.717, 1.165) is 11.1 Å². The molecule has 0 radical (unpaired) electrons. The molecule has 0 bridgehead atoms. The van der Waals surface area contributed by atoms with Gasteiger partial charge in [0.25, 0.3) is 5.91 Å². The van der Waals surface area contributed by atoms with Gasteiger partial charge in [-0.1, -0.05) is 72.3 Å². The molecule has 0 unspecified atom stereocenters. The van der Waals surface area contributed by atoms with Gasteiger partial charge in [0.1, 0.15) is 18.4 Å². The van der Waals surface area contributed by atoms with Crippen molar-refractivity contribution >= 4 is 29.7 Å². The number of carbonyl (C=O) groups excluding carboxylic acids is 3. The lowest BCUT2D eigenvalue weighted by molar-refractivity contribution is 0.0928. The van der Waals surface area contributed by atoms with E-state index in [1.165, 1.54) is 6.20 Å². The van der Waals surface area contributed by atoms with E-state index >= 15 is 0 Å². The number of nitrogens with one attached hydrogen (secondary N) is 2. The van der Waals surface area contributed by atoms with Crippen LogP contribution in [0.2, 0.25) is 5.15 Å². The van der Waals surface area contributed by atoms with E-state index in [4.69, 9.17) is 21.1 Å². The van der Waals surface area contributed by atoms with Crippen molar-refractivity contribution in [2.24, 2.45) is 0 Å². The molecule has 1 heterocycles. The molecule has 2 N–H and O–H groups in total. The van der Waals surface area contributed by atoms with Crippen LogP contribution < -0.4 is 10.6 Å². The van der Waals surface area contributed by atoms with E-state index in [0.29, 0.717) is 56.2 Å². The zero-order valence-electron chi connectivity index (χ0n) is 21.7. The van der Waals surface area contributed by atoms with Crippen LogP contribution in [-0.2, 0) is 22.7 Å². The Balaban J connectivity index is 1.39. The van der Waals surface area contributed by atoms with E-state index in [1.54, 1.807) is 17.0 Å². The van der Waals surface area contributed by atoms with Crippen molar-refractivity contribution in [2.45, 2.75) is 32.5 Å². The van der Waals surface area contributed by atoms with Crippen molar-refractivity contribution in [2.75, 3.05) is 26.2 Å². The molecule has 0 fully saturated rings. The predicted molar refractivity (Wildman–Crippen MR) is 148 cm³/mol. The molecule has 206 valence electrons. The maximum atomic E-state index is 12.8. The Morgan fingerprint density at radius 1 is 0.744 bits per heavy atom. The number of nitrogens with zero attached hydrogens (tertiary/aromatic N) is 2. The number of unbranched alkanes of at least 4 members (excludes halogenated alkanes) is 1. The maximum Gasteiger partial charge on any atom is 0.410 e. The third kappa shape index (κ3) is 11.4. The van der Waals surface area contributed by atoms with Gasteiger partial charge in [-0.3, -0.25) is 4.79 Å². The Hall–Kier alpha value is -4.11. The number of hydrogen-bond acceptors (Lipinski definition) is 6. The van der Waals surface area contributed by atoms with Gasteiger partial charge in [0, 0.05) is 32.4 Å². The summed E-state index contributed by atoms with van der Waals surface area (Å²) in [6.07, 6.45) is 2.35. The van der Waals surface area contributed by atoms with Crippen LogP contribution in [0.1, 0.15) is 40.7 Å². The summed E-state index contributed by atoms with van der Waals surface area (Å²) in [6.45, 7) is 2.03. The summed E-state index contributed by atoms with van der Waals surface area (Å²) in [5.41, 5.74) is 2.22. The number of rotatable bonds is 14. The van der Waals surface area contributed by atoms with Crippen molar-refractivity contribution in [3.8, 4) is 0 Å². The summed E-state index contributed by atoms with van der Waals surface area (Å²) in [5.74, 6) is -0.261. The first-order valence-electron chi connectivity index (χ1n) is 12.8. The first-order chi connectivity index (χ1) is 19.0. The second-order valence-electron chi connectivity index (χ2n) is 8.70. The first kappa shape index (κ1) is 29.4. The van der Waals surface area contributed by atoms with Gasteiger partial charge in [-0.25, -0.2) is 14.6 Å². The summed E-state index contributed by atoms with van der Waals surface area (Å²) in [6, 6.07) is 22.1. The highest BCUT2D eigenvalue weighted by atomic mass is 35.5. The fraction of sp³-hybridized carbons (Fsp3) is 0.310. The molecule has 2 aromatic carbocycles. The molecule has 3 amide bonds. The highest BCUT2D eigenvalue weighted by molar-refractivity contribution is 6.29. The Kier molecular flexibility index (Phi) is 12.6. The first-order valence-corrected chi connectivity index (χ1v) is 13.2. The second-order valence-corrected chi connectivity index (χ2v) is 9.09. The second kappa shape index (κ2) is 16.7. The van der Waals surface area contributed by atoms with Crippen LogP contribution in [0.15, 0.2) is 79.0 Å². The molecule has 9 nitrogen and oxygen atoms in total.